The Hall–Kier alpha value is -3.71. The van der Waals surface area contributed by atoms with Crippen LogP contribution >= 0.6 is 0 Å². The van der Waals surface area contributed by atoms with Gasteiger partial charge in [0.1, 0.15) is 17.1 Å². The molecular formula is C32H32F3N3O4. The van der Waals surface area contributed by atoms with Gasteiger partial charge in [-0.05, 0) is 76.8 Å². The molecule has 7 nitrogen and oxygen atoms in total. The Labute approximate surface area is 241 Å². The van der Waals surface area contributed by atoms with Gasteiger partial charge in [0.05, 0.1) is 22.8 Å². The van der Waals surface area contributed by atoms with Crippen LogP contribution in [0.5, 0.6) is 0 Å². The standard InChI is InChI=1S/C32H32F3N3O4/c1-29(2)12-19(26(39)20-13-30(3,41)14-20)8-9-38(29)28(40)25-11-24-27(42-25)22(31(17-36)15-32(34,35)16-31)10-23(37-24)18-4-6-21(33)7-5-18/h4-7,10-11,19-20,41H,8-9,12-16H2,1-3H3. The van der Waals surface area contributed by atoms with E-state index in [1.54, 1.807) is 11.8 Å². The van der Waals surface area contributed by atoms with Crippen molar-refractivity contribution >= 4 is 22.8 Å². The number of benzene rings is 1. The largest absolute Gasteiger partial charge is 0.449 e. The van der Waals surface area contributed by atoms with E-state index in [0.29, 0.717) is 43.5 Å². The summed E-state index contributed by atoms with van der Waals surface area (Å²) in [6.07, 6.45) is 0.478. The highest BCUT2D eigenvalue weighted by molar-refractivity contribution is 5.97. The molecule has 1 atom stereocenters. The Morgan fingerprint density at radius 1 is 1.07 bits per heavy atom. The zero-order valence-electron chi connectivity index (χ0n) is 23.7. The van der Waals surface area contributed by atoms with Gasteiger partial charge in [0, 0.05) is 54.0 Å². The number of nitrogens with zero attached hydrogens (tertiary/aromatic N) is 3. The van der Waals surface area contributed by atoms with Crippen LogP contribution in [0.25, 0.3) is 22.4 Å². The van der Waals surface area contributed by atoms with Crippen LogP contribution in [-0.4, -0.2) is 50.3 Å². The van der Waals surface area contributed by atoms with Crippen molar-refractivity contribution in [3.63, 3.8) is 0 Å². The normalized spacial score (nSPS) is 27.5. The molecule has 10 heteroatoms. The summed E-state index contributed by atoms with van der Waals surface area (Å²) in [4.78, 5) is 33.2. The van der Waals surface area contributed by atoms with Crippen LogP contribution in [0.1, 0.15) is 75.4 Å². The monoisotopic (exact) mass is 579 g/mol. The number of piperidine rings is 1. The lowest BCUT2D eigenvalue weighted by molar-refractivity contribution is -0.143. The fraction of sp³-hybridized carbons (Fsp3) is 0.500. The fourth-order valence-electron chi connectivity index (χ4n) is 7.10. The van der Waals surface area contributed by atoms with Crippen molar-refractivity contribution < 1.29 is 32.3 Å². The number of Topliss-reactive ketones (excluding diaryl/α,β-unsaturated/α-hetero) is 1. The third-order valence-electron chi connectivity index (χ3n) is 9.28. The SMILES string of the molecule is CC1(O)CC(C(=O)C2CCN(C(=O)c3cc4nc(-c5ccc(F)cc5)cc(C5(C#N)CC(F)(F)C5)c4o3)C(C)(C)C2)C1. The molecule has 0 bridgehead atoms. The number of rotatable bonds is 5. The van der Waals surface area contributed by atoms with Crippen molar-refractivity contribution in [3.8, 4) is 17.3 Å². The Balaban J connectivity index is 1.33. The summed E-state index contributed by atoms with van der Waals surface area (Å²) in [7, 11) is 0. The van der Waals surface area contributed by atoms with Gasteiger partial charge in [0.25, 0.3) is 11.8 Å². The molecule has 3 fully saturated rings. The first-order chi connectivity index (χ1) is 19.6. The molecule has 220 valence electrons. The molecule has 1 amide bonds. The van der Waals surface area contributed by atoms with E-state index in [4.69, 9.17) is 4.42 Å². The Morgan fingerprint density at radius 2 is 1.74 bits per heavy atom. The van der Waals surface area contributed by atoms with Gasteiger partial charge in [-0.15, -0.1) is 0 Å². The summed E-state index contributed by atoms with van der Waals surface area (Å²) in [5.74, 6) is -4.17. The molecule has 3 aliphatic rings. The average Bonchev–Trinajstić information content (AvgIpc) is 3.33. The van der Waals surface area contributed by atoms with E-state index in [9.17, 15) is 33.1 Å². The second-order valence-electron chi connectivity index (χ2n) is 13.3. The van der Waals surface area contributed by atoms with E-state index in [2.05, 4.69) is 11.1 Å². The minimum atomic E-state index is -3.01. The van der Waals surface area contributed by atoms with E-state index in [1.807, 2.05) is 13.8 Å². The molecule has 3 heterocycles. The van der Waals surface area contributed by atoms with E-state index in [1.165, 1.54) is 36.4 Å². The molecular weight excluding hydrogens is 547 g/mol. The number of nitriles is 1. The van der Waals surface area contributed by atoms with Crippen molar-refractivity contribution in [3.05, 3.63) is 53.5 Å². The molecule has 1 saturated heterocycles. The summed E-state index contributed by atoms with van der Waals surface area (Å²) in [6.45, 7) is 5.83. The smallest absolute Gasteiger partial charge is 0.290 e. The molecule has 2 aliphatic carbocycles. The maximum Gasteiger partial charge on any atom is 0.290 e. The number of aliphatic hydroxyl groups is 1. The quantitative estimate of drug-likeness (QED) is 0.387. The minimum Gasteiger partial charge on any atom is -0.449 e. The van der Waals surface area contributed by atoms with Gasteiger partial charge >= 0.3 is 0 Å². The number of carbonyl (C=O) groups excluding carboxylic acids is 2. The minimum absolute atomic E-state index is 0.0397. The summed E-state index contributed by atoms with van der Waals surface area (Å²) in [5.41, 5.74) is -1.58. The zero-order chi connectivity index (χ0) is 30.2. The maximum absolute atomic E-state index is 14.1. The summed E-state index contributed by atoms with van der Waals surface area (Å²) in [5, 5.41) is 20.1. The van der Waals surface area contributed by atoms with Crippen LogP contribution < -0.4 is 0 Å². The lowest BCUT2D eigenvalue weighted by Crippen LogP contribution is -2.55. The molecule has 2 saturated carbocycles. The number of furan rings is 1. The van der Waals surface area contributed by atoms with Crippen molar-refractivity contribution in [1.29, 1.82) is 5.26 Å². The van der Waals surface area contributed by atoms with Crippen LogP contribution in [0.15, 0.2) is 40.8 Å². The molecule has 3 aromatic rings. The van der Waals surface area contributed by atoms with Crippen molar-refractivity contribution in [2.75, 3.05) is 6.54 Å². The fourth-order valence-corrected chi connectivity index (χ4v) is 7.10. The molecule has 2 aromatic heterocycles. The van der Waals surface area contributed by atoms with E-state index < -0.39 is 47.0 Å². The number of alkyl halides is 2. The summed E-state index contributed by atoms with van der Waals surface area (Å²) in [6, 6.07) is 10.6. The third kappa shape index (κ3) is 4.77. The van der Waals surface area contributed by atoms with Gasteiger partial charge in [-0.1, -0.05) is 0 Å². The number of pyridine rings is 1. The van der Waals surface area contributed by atoms with E-state index in [-0.39, 0.29) is 40.0 Å². The number of fused-ring (bicyclic) bond motifs is 1. The molecule has 1 aromatic carbocycles. The van der Waals surface area contributed by atoms with Gasteiger partial charge in [-0.25, -0.2) is 18.2 Å². The average molecular weight is 580 g/mol. The molecule has 1 N–H and O–H groups in total. The van der Waals surface area contributed by atoms with Gasteiger partial charge in [-0.2, -0.15) is 5.26 Å². The number of aromatic nitrogens is 1. The van der Waals surface area contributed by atoms with Crippen LogP contribution in [0, 0.1) is 29.0 Å². The topological polar surface area (TPSA) is 107 Å². The molecule has 6 rings (SSSR count). The van der Waals surface area contributed by atoms with Gasteiger partial charge in [-0.3, -0.25) is 9.59 Å². The molecule has 0 radical (unpaired) electrons. The number of ketones is 1. The first kappa shape index (κ1) is 28.4. The van der Waals surface area contributed by atoms with Gasteiger partial charge in [0.2, 0.25) is 0 Å². The molecule has 1 aliphatic heterocycles. The Bertz CT molecular complexity index is 1620. The second-order valence-corrected chi connectivity index (χ2v) is 13.3. The highest BCUT2D eigenvalue weighted by Gasteiger charge is 2.59. The predicted molar refractivity (Wildman–Crippen MR) is 147 cm³/mol. The Kier molecular flexibility index (Phi) is 6.36. The van der Waals surface area contributed by atoms with Gasteiger partial charge < -0.3 is 14.4 Å². The maximum atomic E-state index is 14.1. The van der Waals surface area contributed by atoms with E-state index in [0.717, 1.165) is 0 Å². The second kappa shape index (κ2) is 9.40. The number of likely N-dealkylation sites (tertiary alicyclic amines) is 1. The van der Waals surface area contributed by atoms with Gasteiger partial charge in [0.15, 0.2) is 11.3 Å². The van der Waals surface area contributed by atoms with Crippen LogP contribution in [0.3, 0.4) is 0 Å². The van der Waals surface area contributed by atoms with Crippen molar-refractivity contribution in [2.45, 2.75) is 81.8 Å². The van der Waals surface area contributed by atoms with Crippen molar-refractivity contribution in [1.82, 2.24) is 9.88 Å². The molecule has 42 heavy (non-hydrogen) atoms. The first-order valence-electron chi connectivity index (χ1n) is 14.2. The molecule has 1 unspecified atom stereocenters. The Morgan fingerprint density at radius 3 is 2.31 bits per heavy atom. The zero-order valence-corrected chi connectivity index (χ0v) is 23.7. The lowest BCUT2D eigenvalue weighted by atomic mass is 9.63. The highest BCUT2D eigenvalue weighted by atomic mass is 19.3. The van der Waals surface area contributed by atoms with Crippen LogP contribution in [0.4, 0.5) is 13.2 Å². The number of hydrogen-bond acceptors (Lipinski definition) is 6. The summed E-state index contributed by atoms with van der Waals surface area (Å²) < 4.78 is 47.8. The third-order valence-corrected chi connectivity index (χ3v) is 9.28. The molecule has 0 spiro atoms. The van der Waals surface area contributed by atoms with Crippen molar-refractivity contribution in [2.24, 2.45) is 11.8 Å². The summed E-state index contributed by atoms with van der Waals surface area (Å²) >= 11 is 0. The van der Waals surface area contributed by atoms with Crippen LogP contribution in [0.2, 0.25) is 0 Å². The number of amides is 1. The highest BCUT2D eigenvalue weighted by Crippen LogP contribution is 2.55. The van der Waals surface area contributed by atoms with Crippen LogP contribution in [-0.2, 0) is 10.2 Å². The lowest BCUT2D eigenvalue weighted by Gasteiger charge is -2.47. The number of hydrogen-bond donors (Lipinski definition) is 1. The van der Waals surface area contributed by atoms with E-state index >= 15 is 0 Å². The predicted octanol–water partition coefficient (Wildman–Crippen LogP) is 6.19. The first-order valence-corrected chi connectivity index (χ1v) is 14.2. The number of halogens is 3. The number of carbonyl (C=O) groups is 2.